The lowest BCUT2D eigenvalue weighted by Gasteiger charge is -2.10. The van der Waals surface area contributed by atoms with Gasteiger partial charge in [0.2, 0.25) is 5.91 Å². The number of esters is 1. The summed E-state index contributed by atoms with van der Waals surface area (Å²) in [6.45, 7) is 4.98. The number of carbonyl (C=O) groups excluding carboxylic acids is 3. The van der Waals surface area contributed by atoms with Crippen LogP contribution in [0.15, 0.2) is 60.7 Å². The van der Waals surface area contributed by atoms with Gasteiger partial charge in [-0.3, -0.25) is 24.5 Å². The molecule has 0 aliphatic heterocycles. The summed E-state index contributed by atoms with van der Waals surface area (Å²) in [4.78, 5) is 46.5. The average Bonchev–Trinajstić information content (AvgIpc) is 2.83. The van der Waals surface area contributed by atoms with Gasteiger partial charge in [0, 0.05) is 29.4 Å². The molecule has 0 aliphatic carbocycles. The third kappa shape index (κ3) is 8.46. The maximum absolute atomic E-state index is 12.2. The third-order valence-electron chi connectivity index (χ3n) is 5.18. The minimum Gasteiger partial charge on any atom is -0.457 e. The lowest BCUT2D eigenvalue weighted by Crippen LogP contribution is -2.21. The van der Waals surface area contributed by atoms with E-state index in [9.17, 15) is 24.5 Å². The number of aryl methyl sites for hydroxylation is 3. The molecule has 3 aromatic carbocycles. The highest BCUT2D eigenvalue weighted by molar-refractivity contribution is 5.94. The van der Waals surface area contributed by atoms with E-state index in [0.717, 1.165) is 16.9 Å². The van der Waals surface area contributed by atoms with Crippen molar-refractivity contribution in [2.24, 2.45) is 0 Å². The van der Waals surface area contributed by atoms with Gasteiger partial charge in [-0.1, -0.05) is 12.1 Å². The molecule has 0 saturated heterocycles. The number of ether oxygens (including phenoxy) is 2. The molecule has 0 aliphatic rings. The molecule has 3 aromatic rings. The molecule has 0 radical (unpaired) electrons. The molecule has 2 amide bonds. The summed E-state index contributed by atoms with van der Waals surface area (Å²) in [6, 6.07) is 17.0. The lowest BCUT2D eigenvalue weighted by atomic mass is 10.1. The number of benzene rings is 3. The van der Waals surface area contributed by atoms with E-state index >= 15 is 0 Å². The number of amides is 2. The van der Waals surface area contributed by atoms with E-state index < -0.39 is 29.3 Å². The van der Waals surface area contributed by atoms with Gasteiger partial charge >= 0.3 is 5.97 Å². The van der Waals surface area contributed by atoms with Crippen LogP contribution in [0.3, 0.4) is 0 Å². The summed E-state index contributed by atoms with van der Waals surface area (Å²) < 4.78 is 10.7. The number of rotatable bonds is 10. The SMILES string of the molecule is Cc1cc(C)cc(Oc2ccc(NC(=O)CCC(=O)OCC(=O)Nc3ccc(C)c([N+](=O)[O-])c3)cc2)c1. The molecule has 0 aromatic heterocycles. The predicted octanol–water partition coefficient (Wildman–Crippen LogP) is 5.21. The van der Waals surface area contributed by atoms with Crippen LogP contribution in [0.25, 0.3) is 0 Å². The first kappa shape index (κ1) is 26.9. The molecular formula is C27H27N3O7. The van der Waals surface area contributed by atoms with Crippen molar-refractivity contribution in [3.63, 3.8) is 0 Å². The number of hydrogen-bond acceptors (Lipinski definition) is 7. The van der Waals surface area contributed by atoms with Gasteiger partial charge in [0.15, 0.2) is 6.61 Å². The first-order valence-corrected chi connectivity index (χ1v) is 11.5. The van der Waals surface area contributed by atoms with E-state index in [4.69, 9.17) is 9.47 Å². The van der Waals surface area contributed by atoms with Gasteiger partial charge in [0.05, 0.1) is 11.3 Å². The fraction of sp³-hybridized carbons (Fsp3) is 0.222. The Bertz CT molecular complexity index is 1300. The number of nitrogens with one attached hydrogen (secondary N) is 2. The molecule has 0 bridgehead atoms. The van der Waals surface area contributed by atoms with Crippen LogP contribution >= 0.6 is 0 Å². The largest absolute Gasteiger partial charge is 0.457 e. The van der Waals surface area contributed by atoms with Crippen LogP contribution in [0.4, 0.5) is 17.1 Å². The number of carbonyl (C=O) groups is 3. The number of nitro groups is 1. The zero-order valence-corrected chi connectivity index (χ0v) is 20.7. The quantitative estimate of drug-likeness (QED) is 0.219. The number of anilines is 2. The highest BCUT2D eigenvalue weighted by Gasteiger charge is 2.14. The van der Waals surface area contributed by atoms with Crippen LogP contribution in [0, 0.1) is 30.9 Å². The zero-order chi connectivity index (χ0) is 26.9. The molecule has 10 heteroatoms. The Morgan fingerprint density at radius 2 is 1.41 bits per heavy atom. The van der Waals surface area contributed by atoms with Crippen molar-refractivity contribution in [2.75, 3.05) is 17.2 Å². The van der Waals surface area contributed by atoms with Gasteiger partial charge in [-0.15, -0.1) is 0 Å². The molecule has 0 atom stereocenters. The van der Waals surface area contributed by atoms with Gasteiger partial charge < -0.3 is 20.1 Å². The molecular weight excluding hydrogens is 478 g/mol. The van der Waals surface area contributed by atoms with Gasteiger partial charge in [0.25, 0.3) is 11.6 Å². The van der Waals surface area contributed by atoms with Crippen LogP contribution in [0.1, 0.15) is 29.5 Å². The molecule has 192 valence electrons. The molecule has 37 heavy (non-hydrogen) atoms. The summed E-state index contributed by atoms with van der Waals surface area (Å²) in [5.41, 5.74) is 3.26. The van der Waals surface area contributed by atoms with Gasteiger partial charge in [-0.2, -0.15) is 0 Å². The Labute approximate surface area is 213 Å². The average molecular weight is 506 g/mol. The molecule has 0 spiro atoms. The molecule has 2 N–H and O–H groups in total. The van der Waals surface area contributed by atoms with Crippen molar-refractivity contribution >= 4 is 34.8 Å². The fourth-order valence-electron chi connectivity index (χ4n) is 3.47. The Morgan fingerprint density at radius 3 is 2.05 bits per heavy atom. The molecule has 0 unspecified atom stereocenters. The van der Waals surface area contributed by atoms with Crippen LogP contribution in [-0.2, 0) is 19.1 Å². The van der Waals surface area contributed by atoms with E-state index in [-0.39, 0.29) is 24.2 Å². The Balaban J connectivity index is 1.39. The first-order valence-electron chi connectivity index (χ1n) is 11.5. The number of hydrogen-bond donors (Lipinski definition) is 2. The smallest absolute Gasteiger partial charge is 0.306 e. The van der Waals surface area contributed by atoms with Crippen LogP contribution in [0.5, 0.6) is 11.5 Å². The topological polar surface area (TPSA) is 137 Å². The Morgan fingerprint density at radius 1 is 0.784 bits per heavy atom. The van der Waals surface area contributed by atoms with E-state index in [1.165, 1.54) is 18.2 Å². The van der Waals surface area contributed by atoms with Crippen molar-refractivity contribution in [2.45, 2.75) is 33.6 Å². The molecule has 0 fully saturated rings. The third-order valence-corrected chi connectivity index (χ3v) is 5.18. The highest BCUT2D eigenvalue weighted by atomic mass is 16.6. The van der Waals surface area contributed by atoms with E-state index in [1.54, 1.807) is 31.2 Å². The van der Waals surface area contributed by atoms with E-state index in [2.05, 4.69) is 16.7 Å². The summed E-state index contributed by atoms with van der Waals surface area (Å²) in [5, 5.41) is 16.1. The van der Waals surface area contributed by atoms with Crippen LogP contribution < -0.4 is 15.4 Å². The van der Waals surface area contributed by atoms with Crippen LogP contribution in [-0.4, -0.2) is 29.3 Å². The number of nitrogens with zero attached hydrogens (tertiary/aromatic N) is 1. The van der Waals surface area contributed by atoms with Crippen molar-refractivity contribution < 1.29 is 28.8 Å². The summed E-state index contributed by atoms with van der Waals surface area (Å²) in [7, 11) is 0. The molecule has 0 heterocycles. The molecule has 10 nitrogen and oxygen atoms in total. The second kappa shape index (κ2) is 12.3. The van der Waals surface area contributed by atoms with Crippen molar-refractivity contribution in [3.8, 4) is 11.5 Å². The van der Waals surface area contributed by atoms with Gasteiger partial charge in [0.1, 0.15) is 11.5 Å². The zero-order valence-electron chi connectivity index (χ0n) is 20.7. The second-order valence-electron chi connectivity index (χ2n) is 8.47. The minimum absolute atomic E-state index is 0.134. The molecule has 3 rings (SSSR count). The summed E-state index contributed by atoms with van der Waals surface area (Å²) in [6.07, 6.45) is -0.353. The predicted molar refractivity (Wildman–Crippen MR) is 138 cm³/mol. The van der Waals surface area contributed by atoms with Gasteiger partial charge in [-0.25, -0.2) is 0 Å². The van der Waals surface area contributed by atoms with Crippen molar-refractivity contribution in [1.29, 1.82) is 0 Å². The van der Waals surface area contributed by atoms with Crippen LogP contribution in [0.2, 0.25) is 0 Å². The maximum atomic E-state index is 12.2. The fourth-order valence-corrected chi connectivity index (χ4v) is 3.47. The minimum atomic E-state index is -0.725. The maximum Gasteiger partial charge on any atom is 0.306 e. The molecule has 0 saturated carbocycles. The van der Waals surface area contributed by atoms with Crippen molar-refractivity contribution in [1.82, 2.24) is 0 Å². The highest BCUT2D eigenvalue weighted by Crippen LogP contribution is 2.25. The summed E-state index contributed by atoms with van der Waals surface area (Å²) in [5.74, 6) is -0.431. The van der Waals surface area contributed by atoms with Crippen molar-refractivity contribution in [3.05, 3.63) is 87.5 Å². The Hall–Kier alpha value is -4.73. The normalized spacial score (nSPS) is 10.4. The monoisotopic (exact) mass is 505 g/mol. The first-order chi connectivity index (χ1) is 17.6. The summed E-state index contributed by atoms with van der Waals surface area (Å²) >= 11 is 0. The Kier molecular flexibility index (Phi) is 8.93. The van der Waals surface area contributed by atoms with Gasteiger partial charge in [-0.05, 0) is 74.4 Å². The lowest BCUT2D eigenvalue weighted by molar-refractivity contribution is -0.385. The second-order valence-corrected chi connectivity index (χ2v) is 8.47. The number of nitro benzene ring substituents is 1. The van der Waals surface area contributed by atoms with E-state index in [0.29, 0.717) is 17.0 Å². The standard InChI is InChI=1S/C27H27N3O7/c1-17-12-18(2)14-23(13-17)37-22-8-6-20(7-9-22)28-25(31)10-11-27(33)36-16-26(32)29-21-5-4-19(3)24(15-21)30(34)35/h4-9,12-15H,10-11,16H2,1-3H3,(H,28,31)(H,29,32). The van der Waals surface area contributed by atoms with E-state index in [1.807, 2.05) is 26.0 Å².